The molecule has 0 aromatic heterocycles. The molecule has 0 atom stereocenters. The number of anilines is 2. The maximum absolute atomic E-state index is 5.87. The number of hydrogen-bond acceptors (Lipinski definition) is 2. The van der Waals surface area contributed by atoms with Crippen molar-refractivity contribution in [2.75, 3.05) is 11.5 Å². The van der Waals surface area contributed by atoms with E-state index < -0.39 is 0 Å². The van der Waals surface area contributed by atoms with Gasteiger partial charge in [0.25, 0.3) is 0 Å². The molecule has 0 amide bonds. The fourth-order valence-corrected chi connectivity index (χ4v) is 1.82. The molecule has 2 radical (unpaired) electrons. The molecule has 0 aliphatic rings. The van der Waals surface area contributed by atoms with Crippen LogP contribution in [0.4, 0.5) is 11.4 Å². The van der Waals surface area contributed by atoms with Gasteiger partial charge in [-0.2, -0.15) is 0 Å². The Kier molecular flexibility index (Phi) is 7.60. The first-order valence-corrected chi connectivity index (χ1v) is 5.31. The molecule has 4 heteroatoms. The third-order valence-corrected chi connectivity index (χ3v) is 3.05. The predicted molar refractivity (Wildman–Crippen MR) is 81.7 cm³/mol. The summed E-state index contributed by atoms with van der Waals surface area (Å²) in [7, 11) is 0. The molecular formula is C14H16N2Na2. The van der Waals surface area contributed by atoms with Crippen LogP contribution in [0, 0.1) is 13.8 Å². The van der Waals surface area contributed by atoms with E-state index in [4.69, 9.17) is 11.5 Å². The quantitative estimate of drug-likeness (QED) is 0.609. The Morgan fingerprint density at radius 1 is 0.722 bits per heavy atom. The average molecular weight is 258 g/mol. The van der Waals surface area contributed by atoms with Gasteiger partial charge in [0.05, 0.1) is 0 Å². The van der Waals surface area contributed by atoms with Gasteiger partial charge < -0.3 is 11.5 Å². The number of benzene rings is 2. The van der Waals surface area contributed by atoms with E-state index >= 15 is 0 Å². The Morgan fingerprint density at radius 2 is 1.28 bits per heavy atom. The maximum atomic E-state index is 5.87. The molecule has 18 heavy (non-hydrogen) atoms. The first-order chi connectivity index (χ1) is 7.59. The van der Waals surface area contributed by atoms with Crippen LogP contribution in [0.15, 0.2) is 36.4 Å². The van der Waals surface area contributed by atoms with Crippen LogP contribution >= 0.6 is 0 Å². The minimum atomic E-state index is 0. The van der Waals surface area contributed by atoms with Crippen LogP contribution in [0.3, 0.4) is 0 Å². The van der Waals surface area contributed by atoms with Crippen LogP contribution in [0.25, 0.3) is 11.1 Å². The van der Waals surface area contributed by atoms with Gasteiger partial charge >= 0.3 is 0 Å². The van der Waals surface area contributed by atoms with E-state index in [0.717, 1.165) is 16.9 Å². The molecule has 0 unspecified atom stereocenters. The van der Waals surface area contributed by atoms with Crippen LogP contribution in [-0.2, 0) is 0 Å². The standard InChI is InChI=1S/C14H16N2.2Na/c1-9-10(2)14(16)8-7-13(9)11-3-5-12(15)6-4-11;;/h3-8H,15-16H2,1-2H3;;. The molecule has 0 aliphatic carbocycles. The van der Waals surface area contributed by atoms with Crippen molar-refractivity contribution >= 4 is 70.5 Å². The summed E-state index contributed by atoms with van der Waals surface area (Å²) >= 11 is 0. The van der Waals surface area contributed by atoms with Crippen molar-refractivity contribution < 1.29 is 0 Å². The van der Waals surface area contributed by atoms with Gasteiger partial charge in [-0.3, -0.25) is 0 Å². The minimum absolute atomic E-state index is 0. The van der Waals surface area contributed by atoms with Gasteiger partial charge in [0.1, 0.15) is 0 Å². The molecule has 0 fully saturated rings. The Hall–Kier alpha value is 0.0400. The molecule has 0 saturated heterocycles. The summed E-state index contributed by atoms with van der Waals surface area (Å²) in [6.07, 6.45) is 0. The molecule has 0 spiro atoms. The Labute approximate surface area is 153 Å². The Balaban J connectivity index is 0.00000144. The fraction of sp³-hybridized carbons (Fsp3) is 0.143. The van der Waals surface area contributed by atoms with Crippen molar-refractivity contribution in [3.05, 3.63) is 47.5 Å². The summed E-state index contributed by atoms with van der Waals surface area (Å²) in [5, 5.41) is 0. The third-order valence-electron chi connectivity index (χ3n) is 3.05. The largest absolute Gasteiger partial charge is 0.399 e. The number of rotatable bonds is 1. The molecule has 0 bridgehead atoms. The van der Waals surface area contributed by atoms with Gasteiger partial charge in [-0.25, -0.2) is 0 Å². The topological polar surface area (TPSA) is 52.0 Å². The van der Waals surface area contributed by atoms with E-state index in [1.807, 2.05) is 37.3 Å². The SMILES string of the molecule is Cc1c(N)ccc(-c2ccc(N)cc2)c1C.[Na].[Na]. The molecule has 84 valence electrons. The van der Waals surface area contributed by atoms with Crippen molar-refractivity contribution in [1.29, 1.82) is 0 Å². The minimum Gasteiger partial charge on any atom is -0.399 e. The molecule has 0 aliphatic heterocycles. The van der Waals surface area contributed by atoms with Gasteiger partial charge in [-0.1, -0.05) is 18.2 Å². The monoisotopic (exact) mass is 258 g/mol. The summed E-state index contributed by atoms with van der Waals surface area (Å²) in [4.78, 5) is 0. The zero-order valence-corrected chi connectivity index (χ0v) is 15.6. The first-order valence-electron chi connectivity index (χ1n) is 5.31. The van der Waals surface area contributed by atoms with E-state index in [9.17, 15) is 0 Å². The summed E-state index contributed by atoms with van der Waals surface area (Å²) < 4.78 is 0. The maximum Gasteiger partial charge on any atom is 0.0346 e. The molecule has 2 nitrogen and oxygen atoms in total. The molecule has 0 heterocycles. The molecule has 0 saturated carbocycles. The summed E-state index contributed by atoms with van der Waals surface area (Å²) in [6, 6.07) is 11.9. The molecule has 2 aromatic carbocycles. The van der Waals surface area contributed by atoms with E-state index in [-0.39, 0.29) is 59.1 Å². The van der Waals surface area contributed by atoms with Gasteiger partial charge in [0.2, 0.25) is 0 Å². The normalized spacial score (nSPS) is 9.22. The van der Waals surface area contributed by atoms with Crippen LogP contribution < -0.4 is 11.5 Å². The van der Waals surface area contributed by atoms with Gasteiger partial charge in [-0.15, -0.1) is 0 Å². The first kappa shape index (κ1) is 18.0. The van der Waals surface area contributed by atoms with Crippen LogP contribution in [-0.4, -0.2) is 59.1 Å². The number of hydrogen-bond donors (Lipinski definition) is 2. The Morgan fingerprint density at radius 3 is 1.83 bits per heavy atom. The van der Waals surface area contributed by atoms with E-state index in [2.05, 4.69) is 13.0 Å². The second-order valence-electron chi connectivity index (χ2n) is 4.07. The second-order valence-corrected chi connectivity index (χ2v) is 4.07. The van der Waals surface area contributed by atoms with E-state index in [0.29, 0.717) is 0 Å². The molecule has 4 N–H and O–H groups in total. The van der Waals surface area contributed by atoms with E-state index in [1.54, 1.807) is 0 Å². The third kappa shape index (κ3) is 3.77. The zero-order valence-electron chi connectivity index (χ0n) is 11.6. The molecular weight excluding hydrogens is 242 g/mol. The van der Waals surface area contributed by atoms with Crippen molar-refractivity contribution in [3.63, 3.8) is 0 Å². The average Bonchev–Trinajstić information content (AvgIpc) is 2.28. The van der Waals surface area contributed by atoms with Crippen molar-refractivity contribution in [3.8, 4) is 11.1 Å². The van der Waals surface area contributed by atoms with Crippen LogP contribution in [0.5, 0.6) is 0 Å². The van der Waals surface area contributed by atoms with Gasteiger partial charge in [0, 0.05) is 70.5 Å². The van der Waals surface area contributed by atoms with E-state index in [1.165, 1.54) is 16.7 Å². The van der Waals surface area contributed by atoms with Gasteiger partial charge in [-0.05, 0) is 54.3 Å². The molecule has 2 rings (SSSR count). The zero-order chi connectivity index (χ0) is 11.7. The van der Waals surface area contributed by atoms with Crippen molar-refractivity contribution in [2.24, 2.45) is 0 Å². The fourth-order valence-electron chi connectivity index (χ4n) is 1.82. The van der Waals surface area contributed by atoms with Gasteiger partial charge in [0.15, 0.2) is 0 Å². The predicted octanol–water partition coefficient (Wildman–Crippen LogP) is 2.37. The summed E-state index contributed by atoms with van der Waals surface area (Å²) in [5.41, 5.74) is 17.9. The summed E-state index contributed by atoms with van der Waals surface area (Å²) in [5.74, 6) is 0. The smallest absolute Gasteiger partial charge is 0.0346 e. The van der Waals surface area contributed by atoms with Crippen LogP contribution in [0.1, 0.15) is 11.1 Å². The van der Waals surface area contributed by atoms with Crippen LogP contribution in [0.2, 0.25) is 0 Å². The second kappa shape index (κ2) is 7.59. The van der Waals surface area contributed by atoms with Crippen molar-refractivity contribution in [2.45, 2.75) is 13.8 Å². The summed E-state index contributed by atoms with van der Waals surface area (Å²) in [6.45, 7) is 4.14. The molecule has 2 aromatic rings. The van der Waals surface area contributed by atoms with Crippen molar-refractivity contribution in [1.82, 2.24) is 0 Å². The number of nitrogens with two attached hydrogens (primary N) is 2. The number of nitrogen functional groups attached to an aromatic ring is 2. The Bertz CT molecular complexity index is 522.